The van der Waals surface area contributed by atoms with E-state index in [-0.39, 0.29) is 23.8 Å². The van der Waals surface area contributed by atoms with Crippen molar-refractivity contribution in [2.24, 2.45) is 0 Å². The summed E-state index contributed by atoms with van der Waals surface area (Å²) < 4.78 is 18.4. The Morgan fingerprint density at radius 1 is 1.29 bits per heavy atom. The Balaban J connectivity index is 1.95. The second-order valence-corrected chi connectivity index (χ2v) is 4.54. The minimum Gasteiger partial charge on any atom is -0.484 e. The van der Waals surface area contributed by atoms with Gasteiger partial charge in [-0.15, -0.1) is 0 Å². The van der Waals surface area contributed by atoms with Gasteiger partial charge in [-0.25, -0.2) is 4.39 Å². The fourth-order valence-corrected chi connectivity index (χ4v) is 1.80. The Hall–Kier alpha value is -2.69. The van der Waals surface area contributed by atoms with Gasteiger partial charge in [0.15, 0.2) is 6.61 Å². The van der Waals surface area contributed by atoms with Crippen molar-refractivity contribution in [1.82, 2.24) is 0 Å². The van der Waals surface area contributed by atoms with Crippen molar-refractivity contribution in [3.63, 3.8) is 0 Å². The third-order valence-electron chi connectivity index (χ3n) is 2.70. The van der Waals surface area contributed by atoms with Crippen LogP contribution in [0.5, 0.6) is 5.75 Å². The van der Waals surface area contributed by atoms with Crippen LogP contribution in [-0.2, 0) is 4.79 Å². The molecule has 5 heteroatoms. The highest BCUT2D eigenvalue weighted by atomic mass is 19.1. The molecule has 0 spiro atoms. The van der Waals surface area contributed by atoms with E-state index in [9.17, 15) is 14.0 Å². The van der Waals surface area contributed by atoms with Crippen LogP contribution in [-0.4, -0.2) is 18.8 Å². The Morgan fingerprint density at radius 2 is 2.10 bits per heavy atom. The smallest absolute Gasteiger partial charge is 0.262 e. The van der Waals surface area contributed by atoms with Gasteiger partial charge in [0, 0.05) is 17.3 Å². The average Bonchev–Trinajstić information content (AvgIpc) is 2.44. The number of nitrogens with one attached hydrogen (secondary N) is 1. The van der Waals surface area contributed by atoms with Gasteiger partial charge in [0.05, 0.1) is 0 Å². The molecule has 1 amide bonds. The number of carbonyl (C=O) groups is 2. The van der Waals surface area contributed by atoms with Crippen LogP contribution in [0.2, 0.25) is 0 Å². The van der Waals surface area contributed by atoms with Crippen molar-refractivity contribution in [3.8, 4) is 5.75 Å². The zero-order valence-electron chi connectivity index (χ0n) is 11.4. The summed E-state index contributed by atoms with van der Waals surface area (Å²) in [5.41, 5.74) is 1.84. The summed E-state index contributed by atoms with van der Waals surface area (Å²) >= 11 is 0. The minimum atomic E-state index is -0.589. The van der Waals surface area contributed by atoms with Crippen molar-refractivity contribution in [1.29, 1.82) is 0 Å². The van der Waals surface area contributed by atoms with Crippen molar-refractivity contribution >= 4 is 17.9 Å². The van der Waals surface area contributed by atoms with Gasteiger partial charge in [0.25, 0.3) is 5.91 Å². The first-order valence-corrected chi connectivity index (χ1v) is 6.32. The van der Waals surface area contributed by atoms with Gasteiger partial charge < -0.3 is 10.1 Å². The van der Waals surface area contributed by atoms with Crippen LogP contribution >= 0.6 is 0 Å². The molecule has 0 unspecified atom stereocenters. The van der Waals surface area contributed by atoms with Crippen LogP contribution in [0.25, 0.3) is 0 Å². The van der Waals surface area contributed by atoms with Gasteiger partial charge in [0.1, 0.15) is 17.9 Å². The predicted molar refractivity (Wildman–Crippen MR) is 77.1 cm³/mol. The molecule has 21 heavy (non-hydrogen) atoms. The second kappa shape index (κ2) is 6.65. The van der Waals surface area contributed by atoms with E-state index in [0.29, 0.717) is 12.0 Å². The number of anilines is 1. The summed E-state index contributed by atoms with van der Waals surface area (Å²) in [7, 11) is 0. The SMILES string of the molecule is Cc1cccc(NC(=O)COc2cc(F)cc(C=O)c2)c1. The molecule has 4 nitrogen and oxygen atoms in total. The molecular formula is C16H14FNO3. The molecule has 0 saturated carbocycles. The highest BCUT2D eigenvalue weighted by Crippen LogP contribution is 2.15. The first-order valence-electron chi connectivity index (χ1n) is 6.32. The molecule has 0 aliphatic carbocycles. The zero-order valence-corrected chi connectivity index (χ0v) is 11.4. The number of hydrogen-bond donors (Lipinski definition) is 1. The normalized spacial score (nSPS) is 10.0. The third kappa shape index (κ3) is 4.42. The first kappa shape index (κ1) is 14.7. The van der Waals surface area contributed by atoms with Crippen molar-refractivity contribution in [2.75, 3.05) is 11.9 Å². The lowest BCUT2D eigenvalue weighted by atomic mass is 10.2. The van der Waals surface area contributed by atoms with Gasteiger partial charge in [0.2, 0.25) is 0 Å². The average molecular weight is 287 g/mol. The van der Waals surface area contributed by atoms with Crippen LogP contribution in [0.1, 0.15) is 15.9 Å². The predicted octanol–water partition coefficient (Wildman–Crippen LogP) is 2.96. The van der Waals surface area contributed by atoms with E-state index in [2.05, 4.69) is 5.32 Å². The van der Waals surface area contributed by atoms with E-state index < -0.39 is 5.82 Å². The number of benzene rings is 2. The summed E-state index contributed by atoms with van der Waals surface area (Å²) in [6.07, 6.45) is 0.517. The molecule has 2 aromatic rings. The van der Waals surface area contributed by atoms with E-state index in [1.807, 2.05) is 25.1 Å². The molecule has 0 aromatic heterocycles. The van der Waals surface area contributed by atoms with E-state index in [1.165, 1.54) is 6.07 Å². The molecular weight excluding hydrogens is 273 g/mol. The van der Waals surface area contributed by atoms with Crippen LogP contribution < -0.4 is 10.1 Å². The van der Waals surface area contributed by atoms with Crippen molar-refractivity contribution in [2.45, 2.75) is 6.92 Å². The number of rotatable bonds is 5. The Kier molecular flexibility index (Phi) is 4.66. The van der Waals surface area contributed by atoms with Crippen LogP contribution in [0, 0.1) is 12.7 Å². The third-order valence-corrected chi connectivity index (χ3v) is 2.70. The maximum atomic E-state index is 13.2. The summed E-state index contributed by atoms with van der Waals surface area (Å²) in [5, 5.41) is 2.67. The quantitative estimate of drug-likeness (QED) is 0.860. The molecule has 108 valence electrons. The Bertz CT molecular complexity index is 670. The molecule has 2 rings (SSSR count). The standard InChI is InChI=1S/C16H14FNO3/c1-11-3-2-4-14(5-11)18-16(20)10-21-15-7-12(9-19)6-13(17)8-15/h2-9H,10H2,1H3,(H,18,20). The molecule has 0 aliphatic heterocycles. The van der Waals surface area contributed by atoms with Crippen molar-refractivity contribution < 1.29 is 18.7 Å². The highest BCUT2D eigenvalue weighted by molar-refractivity contribution is 5.91. The van der Waals surface area contributed by atoms with Crippen LogP contribution in [0.4, 0.5) is 10.1 Å². The monoisotopic (exact) mass is 287 g/mol. The number of aldehydes is 1. The summed E-state index contributed by atoms with van der Waals surface area (Å²) in [5.74, 6) is -0.817. The lowest BCUT2D eigenvalue weighted by Gasteiger charge is -2.08. The Labute approximate surface area is 121 Å². The minimum absolute atomic E-state index is 0.136. The maximum Gasteiger partial charge on any atom is 0.262 e. The van der Waals surface area contributed by atoms with E-state index in [4.69, 9.17) is 4.74 Å². The molecule has 0 atom stereocenters. The van der Waals surface area contributed by atoms with Gasteiger partial charge in [-0.2, -0.15) is 0 Å². The Morgan fingerprint density at radius 3 is 2.81 bits per heavy atom. The second-order valence-electron chi connectivity index (χ2n) is 4.54. The number of hydrogen-bond acceptors (Lipinski definition) is 3. The van der Waals surface area contributed by atoms with Gasteiger partial charge in [-0.3, -0.25) is 9.59 Å². The number of carbonyl (C=O) groups excluding carboxylic acids is 2. The van der Waals surface area contributed by atoms with Gasteiger partial charge >= 0.3 is 0 Å². The number of ether oxygens (including phenoxy) is 1. The largest absolute Gasteiger partial charge is 0.484 e. The van der Waals surface area contributed by atoms with Gasteiger partial charge in [-0.1, -0.05) is 12.1 Å². The number of halogens is 1. The molecule has 1 N–H and O–H groups in total. The number of aryl methyl sites for hydroxylation is 1. The maximum absolute atomic E-state index is 13.2. The molecule has 0 aliphatic rings. The number of amides is 1. The van der Waals surface area contributed by atoms with E-state index >= 15 is 0 Å². The van der Waals surface area contributed by atoms with Crippen molar-refractivity contribution in [3.05, 3.63) is 59.4 Å². The molecule has 0 heterocycles. The first-order chi connectivity index (χ1) is 10.1. The summed E-state index contributed by atoms with van der Waals surface area (Å²) in [6, 6.07) is 10.9. The van der Waals surface area contributed by atoms with E-state index in [1.54, 1.807) is 6.07 Å². The van der Waals surface area contributed by atoms with Crippen LogP contribution in [0.3, 0.4) is 0 Å². The lowest BCUT2D eigenvalue weighted by Crippen LogP contribution is -2.20. The van der Waals surface area contributed by atoms with E-state index in [0.717, 1.165) is 17.7 Å². The molecule has 0 radical (unpaired) electrons. The molecule has 0 bridgehead atoms. The summed E-state index contributed by atoms with van der Waals surface area (Å²) in [4.78, 5) is 22.4. The van der Waals surface area contributed by atoms with Gasteiger partial charge in [-0.05, 0) is 36.8 Å². The molecule has 2 aromatic carbocycles. The molecule has 0 fully saturated rings. The summed E-state index contributed by atoms with van der Waals surface area (Å²) in [6.45, 7) is 1.65. The highest BCUT2D eigenvalue weighted by Gasteiger charge is 2.06. The fourth-order valence-electron chi connectivity index (χ4n) is 1.80. The fraction of sp³-hybridized carbons (Fsp3) is 0.125. The zero-order chi connectivity index (χ0) is 15.2. The topological polar surface area (TPSA) is 55.4 Å². The molecule has 0 saturated heterocycles. The lowest BCUT2D eigenvalue weighted by molar-refractivity contribution is -0.118. The van der Waals surface area contributed by atoms with Crippen LogP contribution in [0.15, 0.2) is 42.5 Å².